The van der Waals surface area contributed by atoms with Gasteiger partial charge in [-0.15, -0.1) is 0 Å². The van der Waals surface area contributed by atoms with E-state index in [2.05, 4.69) is 13.8 Å². The van der Waals surface area contributed by atoms with E-state index in [1.54, 1.807) is 0 Å². The molecule has 0 saturated carbocycles. The van der Waals surface area contributed by atoms with Crippen LogP contribution in [0.1, 0.15) is 33.6 Å². The molecule has 0 saturated heterocycles. The third-order valence-corrected chi connectivity index (χ3v) is 1.68. The van der Waals surface area contributed by atoms with Crippen molar-refractivity contribution in [1.29, 1.82) is 0 Å². The number of carbonyl (C=O) groups is 1. The Bertz CT molecular complexity index is 134. The molecular weight excluding hydrogens is 154 g/mol. The molecule has 0 aliphatic carbocycles. The fraction of sp³-hybridized carbons (Fsp3) is 0.889. The van der Waals surface area contributed by atoms with Gasteiger partial charge in [0.25, 0.3) is 0 Å². The van der Waals surface area contributed by atoms with E-state index in [-0.39, 0.29) is 5.97 Å². The van der Waals surface area contributed by atoms with Gasteiger partial charge in [-0.3, -0.25) is 4.79 Å². The highest BCUT2D eigenvalue weighted by atomic mass is 16.5. The second-order valence-corrected chi connectivity index (χ2v) is 3.36. The van der Waals surface area contributed by atoms with Crippen LogP contribution in [0.15, 0.2) is 0 Å². The van der Waals surface area contributed by atoms with Crippen LogP contribution in [0.4, 0.5) is 0 Å². The lowest BCUT2D eigenvalue weighted by molar-refractivity contribution is -0.145. The van der Waals surface area contributed by atoms with E-state index in [1.807, 2.05) is 6.92 Å². The Morgan fingerprint density at radius 2 is 2.08 bits per heavy atom. The molecule has 0 amide bonds. The van der Waals surface area contributed by atoms with Crippen molar-refractivity contribution in [2.45, 2.75) is 39.7 Å². The lowest BCUT2D eigenvalue weighted by Crippen LogP contribution is -2.31. The molecule has 2 N–H and O–H groups in total. The highest BCUT2D eigenvalue weighted by molar-refractivity contribution is 5.75. The zero-order chi connectivity index (χ0) is 9.56. The first-order chi connectivity index (χ1) is 5.57. The lowest BCUT2D eigenvalue weighted by atomic mass is 10.1. The molecule has 12 heavy (non-hydrogen) atoms. The molecule has 0 fully saturated rings. The zero-order valence-electron chi connectivity index (χ0n) is 8.17. The van der Waals surface area contributed by atoms with Crippen LogP contribution in [0.2, 0.25) is 0 Å². The Balaban J connectivity index is 3.44. The highest BCUT2D eigenvalue weighted by Gasteiger charge is 2.11. The van der Waals surface area contributed by atoms with E-state index in [9.17, 15) is 4.79 Å². The van der Waals surface area contributed by atoms with Crippen molar-refractivity contribution in [3.63, 3.8) is 0 Å². The molecule has 3 nitrogen and oxygen atoms in total. The summed E-state index contributed by atoms with van der Waals surface area (Å²) in [7, 11) is 0. The molecule has 0 aliphatic heterocycles. The van der Waals surface area contributed by atoms with Gasteiger partial charge in [-0.1, -0.05) is 20.8 Å². The third kappa shape index (κ3) is 5.13. The van der Waals surface area contributed by atoms with Gasteiger partial charge in [0.15, 0.2) is 0 Å². The predicted octanol–water partition coefficient (Wildman–Crippen LogP) is 1.31. The molecule has 72 valence electrons. The molecule has 0 rings (SSSR count). The van der Waals surface area contributed by atoms with Gasteiger partial charge in [0.1, 0.15) is 6.04 Å². The molecule has 0 bridgehead atoms. The third-order valence-electron chi connectivity index (χ3n) is 1.68. The second-order valence-electron chi connectivity index (χ2n) is 3.36. The largest absolute Gasteiger partial charge is 0.465 e. The summed E-state index contributed by atoms with van der Waals surface area (Å²) in [5.41, 5.74) is 5.46. The average molecular weight is 173 g/mol. The molecule has 0 aromatic carbocycles. The van der Waals surface area contributed by atoms with Crippen LogP contribution >= 0.6 is 0 Å². The highest BCUT2D eigenvalue weighted by Crippen LogP contribution is 2.00. The second kappa shape index (κ2) is 6.00. The Kier molecular flexibility index (Phi) is 5.72. The van der Waals surface area contributed by atoms with Crippen molar-refractivity contribution < 1.29 is 9.53 Å². The van der Waals surface area contributed by atoms with Crippen LogP contribution in [0.3, 0.4) is 0 Å². The van der Waals surface area contributed by atoms with E-state index in [1.165, 1.54) is 0 Å². The normalized spacial score (nSPS) is 13.1. The van der Waals surface area contributed by atoms with Gasteiger partial charge in [-0.2, -0.15) is 0 Å². The van der Waals surface area contributed by atoms with Crippen LogP contribution < -0.4 is 5.73 Å². The van der Waals surface area contributed by atoms with Gasteiger partial charge in [0.2, 0.25) is 0 Å². The van der Waals surface area contributed by atoms with Gasteiger partial charge in [0.05, 0.1) is 6.61 Å². The average Bonchev–Trinajstić information content (AvgIpc) is 2.02. The van der Waals surface area contributed by atoms with Crippen molar-refractivity contribution in [1.82, 2.24) is 0 Å². The topological polar surface area (TPSA) is 52.3 Å². The predicted molar refractivity (Wildman–Crippen MR) is 48.7 cm³/mol. The fourth-order valence-corrected chi connectivity index (χ4v) is 0.669. The quantitative estimate of drug-likeness (QED) is 0.638. The minimum absolute atomic E-state index is 0.279. The Morgan fingerprint density at radius 1 is 1.50 bits per heavy atom. The number of ether oxygens (including phenoxy) is 1. The van der Waals surface area contributed by atoms with Crippen molar-refractivity contribution >= 4 is 5.97 Å². The Labute approximate surface area is 74.3 Å². The van der Waals surface area contributed by atoms with E-state index >= 15 is 0 Å². The fourth-order valence-electron chi connectivity index (χ4n) is 0.669. The van der Waals surface area contributed by atoms with Crippen molar-refractivity contribution in [3.05, 3.63) is 0 Å². The monoisotopic (exact) mass is 173 g/mol. The Hall–Kier alpha value is -0.570. The van der Waals surface area contributed by atoms with E-state index in [4.69, 9.17) is 10.5 Å². The van der Waals surface area contributed by atoms with Gasteiger partial charge in [-0.25, -0.2) is 0 Å². The Morgan fingerprint density at radius 3 is 2.50 bits per heavy atom. The summed E-state index contributed by atoms with van der Waals surface area (Å²) < 4.78 is 4.94. The number of rotatable bonds is 5. The molecule has 3 heteroatoms. The summed E-state index contributed by atoms with van der Waals surface area (Å²) in [6, 6.07) is -0.447. The number of esters is 1. The van der Waals surface area contributed by atoms with Crippen molar-refractivity contribution in [2.75, 3.05) is 6.61 Å². The van der Waals surface area contributed by atoms with Gasteiger partial charge >= 0.3 is 5.97 Å². The molecule has 0 radical (unpaired) electrons. The number of hydrogen-bond acceptors (Lipinski definition) is 3. The number of nitrogens with two attached hydrogens (primary N) is 1. The molecule has 0 aromatic heterocycles. The van der Waals surface area contributed by atoms with Crippen molar-refractivity contribution in [2.24, 2.45) is 11.7 Å². The van der Waals surface area contributed by atoms with E-state index in [0.717, 1.165) is 6.42 Å². The SMILES string of the molecule is CC[C@@H](N)C(=O)OCCC(C)C. The maximum Gasteiger partial charge on any atom is 0.322 e. The molecule has 0 aliphatic rings. The minimum Gasteiger partial charge on any atom is -0.465 e. The van der Waals surface area contributed by atoms with E-state index in [0.29, 0.717) is 18.9 Å². The smallest absolute Gasteiger partial charge is 0.322 e. The first kappa shape index (κ1) is 11.4. The summed E-state index contributed by atoms with van der Waals surface area (Å²) >= 11 is 0. The van der Waals surface area contributed by atoms with Crippen LogP contribution in [0.25, 0.3) is 0 Å². The molecule has 0 spiro atoms. The summed E-state index contributed by atoms with van der Waals surface area (Å²) in [6.45, 7) is 6.54. The maximum atomic E-state index is 11.0. The van der Waals surface area contributed by atoms with Crippen LogP contribution in [-0.2, 0) is 9.53 Å². The summed E-state index contributed by atoms with van der Waals surface area (Å²) in [6.07, 6.45) is 1.54. The standard InChI is InChI=1S/C9H19NO2/c1-4-8(10)9(11)12-6-5-7(2)3/h7-8H,4-6,10H2,1-3H3/t8-/m1/s1. The summed E-state index contributed by atoms with van der Waals surface area (Å²) in [4.78, 5) is 11.0. The van der Waals surface area contributed by atoms with Crippen LogP contribution in [0, 0.1) is 5.92 Å². The molecule has 0 unspecified atom stereocenters. The van der Waals surface area contributed by atoms with Crippen LogP contribution in [-0.4, -0.2) is 18.6 Å². The van der Waals surface area contributed by atoms with E-state index < -0.39 is 6.04 Å². The molecule has 1 atom stereocenters. The summed E-state index contributed by atoms with van der Waals surface area (Å²) in [5.74, 6) is 0.286. The van der Waals surface area contributed by atoms with Crippen LogP contribution in [0.5, 0.6) is 0 Å². The first-order valence-electron chi connectivity index (χ1n) is 4.50. The van der Waals surface area contributed by atoms with Gasteiger partial charge in [-0.05, 0) is 18.8 Å². The number of hydrogen-bond donors (Lipinski definition) is 1. The minimum atomic E-state index is -0.447. The first-order valence-corrected chi connectivity index (χ1v) is 4.50. The van der Waals surface area contributed by atoms with Gasteiger partial charge < -0.3 is 10.5 Å². The summed E-state index contributed by atoms with van der Waals surface area (Å²) in [5, 5.41) is 0. The maximum absolute atomic E-state index is 11.0. The lowest BCUT2D eigenvalue weighted by Gasteiger charge is -2.09. The molecule has 0 heterocycles. The molecular formula is C9H19NO2. The number of carbonyl (C=O) groups excluding carboxylic acids is 1. The van der Waals surface area contributed by atoms with Gasteiger partial charge in [0, 0.05) is 0 Å². The molecule has 0 aromatic rings. The zero-order valence-corrected chi connectivity index (χ0v) is 8.17. The van der Waals surface area contributed by atoms with Crippen molar-refractivity contribution in [3.8, 4) is 0 Å².